The normalized spacial score (nSPS) is 22.8. The number of fused-ring (bicyclic) bond motifs is 2. The van der Waals surface area contributed by atoms with E-state index in [4.69, 9.17) is 26.3 Å². The van der Waals surface area contributed by atoms with Gasteiger partial charge in [-0.2, -0.15) is 9.97 Å². The van der Waals surface area contributed by atoms with Gasteiger partial charge in [-0.3, -0.25) is 0 Å². The van der Waals surface area contributed by atoms with Crippen molar-refractivity contribution in [3.8, 4) is 6.01 Å². The molecule has 3 aliphatic rings. The van der Waals surface area contributed by atoms with Crippen LogP contribution in [0.1, 0.15) is 24.1 Å². The lowest BCUT2D eigenvalue weighted by atomic mass is 10.0. The third-order valence-electron chi connectivity index (χ3n) is 7.91. The second-order valence-electron chi connectivity index (χ2n) is 10.4. The van der Waals surface area contributed by atoms with E-state index in [1.165, 1.54) is 6.42 Å². The van der Waals surface area contributed by atoms with Crippen LogP contribution >= 0.6 is 11.6 Å². The molecular formula is C28H34ClFN6O. The molecule has 4 heterocycles. The molecule has 0 radical (unpaired) electrons. The summed E-state index contributed by atoms with van der Waals surface area (Å²) in [6, 6.07) is 13.1. The van der Waals surface area contributed by atoms with Gasteiger partial charge in [0, 0.05) is 48.9 Å². The molecule has 0 saturated carbocycles. The Morgan fingerprint density at radius 2 is 1.97 bits per heavy atom. The number of benzene rings is 2. The Morgan fingerprint density at radius 3 is 2.81 bits per heavy atom. The molecule has 0 aliphatic carbocycles. The quantitative estimate of drug-likeness (QED) is 0.540. The minimum atomic E-state index is -0.942. The zero-order chi connectivity index (χ0) is 25.4. The largest absolute Gasteiger partial charge is 0.462 e. The maximum atomic E-state index is 14.6. The number of nitrogens with zero attached hydrogens (tertiary/aromatic N) is 5. The highest BCUT2D eigenvalue weighted by Gasteiger charge is 2.29. The van der Waals surface area contributed by atoms with Gasteiger partial charge in [-0.15, -0.1) is 0 Å². The second-order valence-corrected chi connectivity index (χ2v) is 10.8. The number of alkyl halides is 1. The number of aromatic nitrogens is 2. The molecule has 1 N–H and O–H groups in total. The fourth-order valence-electron chi connectivity index (χ4n) is 5.88. The number of likely N-dealkylation sites (tertiary alicyclic amines) is 1. The Morgan fingerprint density at radius 1 is 1.11 bits per heavy atom. The van der Waals surface area contributed by atoms with Crippen LogP contribution in [0.4, 0.5) is 15.9 Å². The average molecular weight is 525 g/mol. The maximum absolute atomic E-state index is 14.6. The number of hydrogen-bond donors (Lipinski definition) is 1. The van der Waals surface area contributed by atoms with Gasteiger partial charge in [0.15, 0.2) is 0 Å². The molecule has 7 nitrogen and oxygen atoms in total. The molecule has 0 spiro atoms. The average Bonchev–Trinajstić information content (AvgIpc) is 3.19. The molecule has 0 bridgehead atoms. The number of likely N-dealkylation sites (N-methyl/N-ethyl adjacent to an activating group) is 1. The molecule has 37 heavy (non-hydrogen) atoms. The van der Waals surface area contributed by atoms with Crippen LogP contribution in [0, 0.1) is 0 Å². The number of ether oxygens (including phenoxy) is 1. The van der Waals surface area contributed by atoms with E-state index in [1.54, 1.807) is 0 Å². The summed E-state index contributed by atoms with van der Waals surface area (Å²) in [5.41, 5.74) is 3.15. The van der Waals surface area contributed by atoms with Gasteiger partial charge in [0.05, 0.1) is 23.8 Å². The van der Waals surface area contributed by atoms with Gasteiger partial charge in [-0.05, 0) is 50.4 Å². The molecule has 2 aromatic carbocycles. The maximum Gasteiger partial charge on any atom is 0.318 e. The van der Waals surface area contributed by atoms with Crippen molar-refractivity contribution in [2.45, 2.75) is 38.0 Å². The number of rotatable bonds is 5. The first-order valence-electron chi connectivity index (χ1n) is 13.3. The smallest absolute Gasteiger partial charge is 0.318 e. The first-order valence-corrected chi connectivity index (χ1v) is 13.7. The highest BCUT2D eigenvalue weighted by atomic mass is 35.5. The van der Waals surface area contributed by atoms with Crippen LogP contribution in [-0.2, 0) is 13.0 Å². The first-order chi connectivity index (χ1) is 18.1. The summed E-state index contributed by atoms with van der Waals surface area (Å²) in [6.07, 6.45) is 2.13. The molecule has 196 valence electrons. The summed E-state index contributed by atoms with van der Waals surface area (Å²) in [6.45, 7) is 5.21. The molecule has 2 atom stereocenters. The Bertz CT molecular complexity index is 1270. The summed E-state index contributed by atoms with van der Waals surface area (Å²) < 4.78 is 20.8. The summed E-state index contributed by atoms with van der Waals surface area (Å²) in [5.74, 6) is 0.821. The number of anilines is 2. The number of halogens is 2. The molecule has 2 fully saturated rings. The molecule has 2 saturated heterocycles. The van der Waals surface area contributed by atoms with Crippen LogP contribution in [0.2, 0.25) is 5.02 Å². The summed E-state index contributed by atoms with van der Waals surface area (Å²) in [5, 5.41) is 6.12. The lowest BCUT2D eigenvalue weighted by Crippen LogP contribution is -2.37. The van der Waals surface area contributed by atoms with Gasteiger partial charge in [0.1, 0.15) is 18.6 Å². The molecular weight excluding hydrogens is 491 g/mol. The van der Waals surface area contributed by atoms with E-state index in [0.29, 0.717) is 44.8 Å². The molecule has 1 aromatic heterocycles. The van der Waals surface area contributed by atoms with Gasteiger partial charge >= 0.3 is 6.01 Å². The monoisotopic (exact) mass is 524 g/mol. The molecule has 3 aliphatic heterocycles. The standard InChI is InChI=1S/C28H34ClFN6O/c1-34-12-4-7-21(34)18-37-28-32-24-17-35(25-9-3-6-19-5-2-8-23(29)26(19)25)13-10-22(24)27(33-28)36-14-11-31-15-20(30)16-36/h2-3,5-6,8-9,20-21,31H,4,7,10-18H2,1H3/t20-,21+/m1/s1. The van der Waals surface area contributed by atoms with E-state index in [1.807, 2.05) is 12.1 Å². The fraction of sp³-hybridized carbons (Fsp3) is 0.500. The van der Waals surface area contributed by atoms with E-state index in [0.717, 1.165) is 71.0 Å². The van der Waals surface area contributed by atoms with Crippen molar-refractivity contribution in [1.29, 1.82) is 0 Å². The Balaban J connectivity index is 1.35. The van der Waals surface area contributed by atoms with Crippen LogP contribution in [0.15, 0.2) is 36.4 Å². The van der Waals surface area contributed by atoms with Gasteiger partial charge in [-0.25, -0.2) is 4.39 Å². The number of hydrogen-bond acceptors (Lipinski definition) is 7. The van der Waals surface area contributed by atoms with E-state index in [-0.39, 0.29) is 0 Å². The Kier molecular flexibility index (Phi) is 7.06. The third kappa shape index (κ3) is 5.07. The van der Waals surface area contributed by atoms with Crippen molar-refractivity contribution in [3.05, 3.63) is 52.7 Å². The van der Waals surface area contributed by atoms with Crippen molar-refractivity contribution in [2.24, 2.45) is 0 Å². The molecule has 0 unspecified atom stereocenters. The lowest BCUT2D eigenvalue weighted by Gasteiger charge is -2.34. The fourth-order valence-corrected chi connectivity index (χ4v) is 6.16. The SMILES string of the molecule is CN1CCC[C@H]1COc1nc2c(c(N3CCNC[C@@H](F)C3)n1)CCN(c1cccc3cccc(Cl)c13)C2. The van der Waals surface area contributed by atoms with E-state index in [2.05, 4.69) is 51.3 Å². The Hall–Kier alpha value is -2.68. The van der Waals surface area contributed by atoms with Gasteiger partial charge in [0.2, 0.25) is 0 Å². The first kappa shape index (κ1) is 24.6. The third-order valence-corrected chi connectivity index (χ3v) is 8.23. The molecule has 0 amide bonds. The van der Waals surface area contributed by atoms with Crippen LogP contribution in [-0.4, -0.2) is 80.0 Å². The predicted molar refractivity (Wildman–Crippen MR) is 147 cm³/mol. The zero-order valence-electron chi connectivity index (χ0n) is 21.3. The summed E-state index contributed by atoms with van der Waals surface area (Å²) >= 11 is 6.65. The highest BCUT2D eigenvalue weighted by Crippen LogP contribution is 2.37. The minimum Gasteiger partial charge on any atom is -0.462 e. The van der Waals surface area contributed by atoms with Crippen LogP contribution in [0.3, 0.4) is 0 Å². The number of nitrogens with one attached hydrogen (secondary N) is 1. The highest BCUT2D eigenvalue weighted by molar-refractivity contribution is 6.36. The molecule has 6 rings (SSSR count). The lowest BCUT2D eigenvalue weighted by molar-refractivity contribution is 0.187. The van der Waals surface area contributed by atoms with Crippen LogP contribution < -0.4 is 19.9 Å². The van der Waals surface area contributed by atoms with Gasteiger partial charge < -0.3 is 24.8 Å². The van der Waals surface area contributed by atoms with Crippen molar-refractivity contribution in [2.75, 3.05) is 62.7 Å². The van der Waals surface area contributed by atoms with E-state index < -0.39 is 6.17 Å². The van der Waals surface area contributed by atoms with Crippen molar-refractivity contribution in [1.82, 2.24) is 20.2 Å². The Labute approximate surface area is 222 Å². The summed E-state index contributed by atoms with van der Waals surface area (Å²) in [7, 11) is 2.14. The van der Waals surface area contributed by atoms with E-state index >= 15 is 0 Å². The molecule has 9 heteroatoms. The van der Waals surface area contributed by atoms with Crippen molar-refractivity contribution < 1.29 is 9.13 Å². The second kappa shape index (κ2) is 10.6. The van der Waals surface area contributed by atoms with Gasteiger partial charge in [0.25, 0.3) is 0 Å². The molecule has 3 aromatic rings. The van der Waals surface area contributed by atoms with Crippen molar-refractivity contribution in [3.63, 3.8) is 0 Å². The van der Waals surface area contributed by atoms with Crippen LogP contribution in [0.25, 0.3) is 10.8 Å². The van der Waals surface area contributed by atoms with Gasteiger partial charge in [-0.1, -0.05) is 35.9 Å². The zero-order valence-corrected chi connectivity index (χ0v) is 22.1. The van der Waals surface area contributed by atoms with Crippen molar-refractivity contribution >= 4 is 33.9 Å². The minimum absolute atomic E-state index is 0.323. The van der Waals surface area contributed by atoms with Crippen LogP contribution in [0.5, 0.6) is 6.01 Å². The van der Waals surface area contributed by atoms with E-state index in [9.17, 15) is 4.39 Å². The topological polar surface area (TPSA) is 56.8 Å². The summed E-state index contributed by atoms with van der Waals surface area (Å²) in [4.78, 5) is 16.5. The predicted octanol–water partition coefficient (Wildman–Crippen LogP) is 4.07.